The molecule has 0 aliphatic carbocycles. The zero-order chi connectivity index (χ0) is 16.4. The molecule has 0 N–H and O–H groups in total. The summed E-state index contributed by atoms with van der Waals surface area (Å²) in [6.45, 7) is 7.35. The highest BCUT2D eigenvalue weighted by Gasteiger charge is 2.15. The van der Waals surface area contributed by atoms with Gasteiger partial charge in [0.15, 0.2) is 0 Å². The quantitative estimate of drug-likeness (QED) is 0.385. The molecule has 0 unspecified atom stereocenters. The van der Waals surface area contributed by atoms with Crippen molar-refractivity contribution < 1.29 is 9.53 Å². The van der Waals surface area contributed by atoms with Crippen LogP contribution in [0.1, 0.15) is 19.4 Å². The third-order valence-corrected chi connectivity index (χ3v) is 4.60. The molecule has 0 aliphatic rings. The van der Waals surface area contributed by atoms with Gasteiger partial charge in [-0.2, -0.15) is 0 Å². The zero-order valence-corrected chi connectivity index (χ0v) is 13.9. The van der Waals surface area contributed by atoms with Gasteiger partial charge < -0.3 is 4.74 Å². The fraction of sp³-hybridized carbons (Fsp3) is 0.158. The molecule has 0 saturated carbocycles. The van der Waals surface area contributed by atoms with Gasteiger partial charge in [-0.25, -0.2) is 9.78 Å². The first-order chi connectivity index (χ1) is 11.1. The number of hydrogen-bond donors (Lipinski definition) is 0. The maximum Gasteiger partial charge on any atom is 0.338 e. The van der Waals surface area contributed by atoms with E-state index >= 15 is 0 Å². The maximum absolute atomic E-state index is 11.9. The molecule has 0 fully saturated rings. The second-order valence-electron chi connectivity index (χ2n) is 5.34. The number of carbonyl (C=O) groups is 1. The van der Waals surface area contributed by atoms with Crippen LogP contribution in [0.15, 0.2) is 54.6 Å². The third-order valence-electron chi connectivity index (χ3n) is 3.53. The Morgan fingerprint density at radius 1 is 1.26 bits per heavy atom. The molecule has 4 heteroatoms. The predicted molar refractivity (Wildman–Crippen MR) is 94.9 cm³/mol. The number of hydrogen-bond acceptors (Lipinski definition) is 4. The van der Waals surface area contributed by atoms with E-state index in [1.807, 2.05) is 42.5 Å². The van der Waals surface area contributed by atoms with E-state index in [4.69, 9.17) is 4.74 Å². The van der Waals surface area contributed by atoms with E-state index in [0.29, 0.717) is 11.3 Å². The summed E-state index contributed by atoms with van der Waals surface area (Å²) in [5.74, 6) is 0.122. The predicted octanol–water partition coefficient (Wildman–Crippen LogP) is 5.01. The number of carbonyl (C=O) groups excluding carboxylic acids is 1. The lowest BCUT2D eigenvalue weighted by Gasteiger charge is -2.10. The van der Waals surface area contributed by atoms with Gasteiger partial charge in [-0.3, -0.25) is 0 Å². The number of aryl methyl sites for hydroxylation is 1. The maximum atomic E-state index is 11.9. The minimum absolute atomic E-state index is 0.377. The standard InChI is InChI=1S/C19H17NO2S/c1-4-13-9-10-14(16(11-13)22-19(21)12(2)3)18-20-15-7-5-6-8-17(15)23-18/h5-11H,2,4H2,1,3H3. The first kappa shape index (κ1) is 15.4. The lowest BCUT2D eigenvalue weighted by Crippen LogP contribution is -2.09. The highest BCUT2D eigenvalue weighted by molar-refractivity contribution is 7.21. The molecule has 116 valence electrons. The molecular weight excluding hydrogens is 306 g/mol. The van der Waals surface area contributed by atoms with Crippen LogP contribution in [-0.2, 0) is 11.2 Å². The molecule has 0 spiro atoms. The van der Waals surface area contributed by atoms with Crippen LogP contribution in [0.5, 0.6) is 5.75 Å². The van der Waals surface area contributed by atoms with Crippen LogP contribution in [0.25, 0.3) is 20.8 Å². The van der Waals surface area contributed by atoms with Gasteiger partial charge in [0.05, 0.1) is 15.8 Å². The molecule has 23 heavy (non-hydrogen) atoms. The number of nitrogens with zero attached hydrogens (tertiary/aromatic N) is 1. The number of benzene rings is 2. The van der Waals surface area contributed by atoms with Crippen molar-refractivity contribution in [1.82, 2.24) is 4.98 Å². The van der Waals surface area contributed by atoms with Crippen LogP contribution < -0.4 is 4.74 Å². The second-order valence-corrected chi connectivity index (χ2v) is 6.37. The van der Waals surface area contributed by atoms with Crippen LogP contribution in [0, 0.1) is 0 Å². The van der Waals surface area contributed by atoms with Crippen LogP contribution in [0.3, 0.4) is 0 Å². The summed E-state index contributed by atoms with van der Waals surface area (Å²) in [6, 6.07) is 13.9. The van der Waals surface area contributed by atoms with Crippen molar-refractivity contribution in [1.29, 1.82) is 0 Å². The summed E-state index contributed by atoms with van der Waals surface area (Å²) in [4.78, 5) is 16.6. The van der Waals surface area contributed by atoms with E-state index in [9.17, 15) is 4.79 Å². The molecule has 1 heterocycles. The Hall–Kier alpha value is -2.46. The first-order valence-corrected chi connectivity index (χ1v) is 8.26. The van der Waals surface area contributed by atoms with Gasteiger partial charge in [0.25, 0.3) is 0 Å². The van der Waals surface area contributed by atoms with Gasteiger partial charge in [0, 0.05) is 5.57 Å². The Bertz CT molecular complexity index is 862. The van der Waals surface area contributed by atoms with Crippen molar-refractivity contribution in [3.05, 3.63) is 60.2 Å². The van der Waals surface area contributed by atoms with Crippen LogP contribution >= 0.6 is 11.3 Å². The Balaban J connectivity index is 2.09. The minimum atomic E-state index is -0.416. The first-order valence-electron chi connectivity index (χ1n) is 7.45. The molecule has 2 aromatic carbocycles. The number of thiazole rings is 1. The molecule has 0 aliphatic heterocycles. The molecule has 3 nitrogen and oxygen atoms in total. The molecule has 0 saturated heterocycles. The van der Waals surface area contributed by atoms with E-state index in [2.05, 4.69) is 18.5 Å². The summed E-state index contributed by atoms with van der Waals surface area (Å²) in [7, 11) is 0. The number of fused-ring (bicyclic) bond motifs is 1. The van der Waals surface area contributed by atoms with E-state index in [0.717, 1.165) is 32.8 Å². The van der Waals surface area contributed by atoms with Gasteiger partial charge in [-0.1, -0.05) is 31.7 Å². The normalized spacial score (nSPS) is 10.7. The molecule has 0 bridgehead atoms. The third kappa shape index (κ3) is 3.17. The van der Waals surface area contributed by atoms with Gasteiger partial charge in [-0.15, -0.1) is 11.3 Å². The Labute approximate surface area is 139 Å². The fourth-order valence-corrected chi connectivity index (χ4v) is 3.22. The Kier molecular flexibility index (Phi) is 4.26. The summed E-state index contributed by atoms with van der Waals surface area (Å²) in [5, 5.41) is 0.846. The fourth-order valence-electron chi connectivity index (χ4n) is 2.22. The summed E-state index contributed by atoms with van der Waals surface area (Å²) in [5.41, 5.74) is 3.27. The monoisotopic (exact) mass is 323 g/mol. The summed E-state index contributed by atoms with van der Waals surface area (Å²) < 4.78 is 6.64. The highest BCUT2D eigenvalue weighted by Crippen LogP contribution is 2.36. The van der Waals surface area contributed by atoms with Gasteiger partial charge in [0.2, 0.25) is 0 Å². The minimum Gasteiger partial charge on any atom is -0.422 e. The lowest BCUT2D eigenvalue weighted by atomic mass is 10.1. The smallest absolute Gasteiger partial charge is 0.338 e. The van der Waals surface area contributed by atoms with Crippen molar-refractivity contribution in [2.45, 2.75) is 20.3 Å². The summed E-state index contributed by atoms with van der Waals surface area (Å²) >= 11 is 1.59. The van der Waals surface area contributed by atoms with E-state index in [1.54, 1.807) is 18.3 Å². The van der Waals surface area contributed by atoms with Crippen molar-refractivity contribution in [2.24, 2.45) is 0 Å². The second kappa shape index (κ2) is 6.34. The Morgan fingerprint density at radius 3 is 2.74 bits per heavy atom. The van der Waals surface area contributed by atoms with Crippen molar-refractivity contribution in [3.63, 3.8) is 0 Å². The molecule has 0 amide bonds. The van der Waals surface area contributed by atoms with Crippen LogP contribution in [0.2, 0.25) is 0 Å². The zero-order valence-electron chi connectivity index (χ0n) is 13.1. The SMILES string of the molecule is C=C(C)C(=O)Oc1cc(CC)ccc1-c1nc2ccccc2s1. The topological polar surface area (TPSA) is 39.2 Å². The van der Waals surface area contributed by atoms with E-state index < -0.39 is 5.97 Å². The van der Waals surface area contributed by atoms with Gasteiger partial charge in [-0.05, 0) is 43.2 Å². The number of para-hydroxylation sites is 1. The lowest BCUT2D eigenvalue weighted by molar-refractivity contribution is -0.130. The van der Waals surface area contributed by atoms with Gasteiger partial charge in [0.1, 0.15) is 10.8 Å². The number of esters is 1. The molecular formula is C19H17NO2S. The molecule has 1 aromatic heterocycles. The van der Waals surface area contributed by atoms with Crippen LogP contribution in [0.4, 0.5) is 0 Å². The number of aromatic nitrogens is 1. The van der Waals surface area contributed by atoms with Gasteiger partial charge >= 0.3 is 5.97 Å². The molecule has 0 atom stereocenters. The Morgan fingerprint density at radius 2 is 2.04 bits per heavy atom. The van der Waals surface area contributed by atoms with Crippen molar-refractivity contribution in [3.8, 4) is 16.3 Å². The number of rotatable bonds is 4. The largest absolute Gasteiger partial charge is 0.422 e. The van der Waals surface area contributed by atoms with E-state index in [1.165, 1.54) is 0 Å². The molecule has 3 rings (SSSR count). The average molecular weight is 323 g/mol. The van der Waals surface area contributed by atoms with Crippen molar-refractivity contribution in [2.75, 3.05) is 0 Å². The highest BCUT2D eigenvalue weighted by atomic mass is 32.1. The molecule has 0 radical (unpaired) electrons. The van der Waals surface area contributed by atoms with E-state index in [-0.39, 0.29) is 0 Å². The summed E-state index contributed by atoms with van der Waals surface area (Å²) in [6.07, 6.45) is 0.873. The number of ether oxygens (including phenoxy) is 1. The van der Waals surface area contributed by atoms with Crippen LogP contribution in [-0.4, -0.2) is 11.0 Å². The molecule has 3 aromatic rings. The average Bonchev–Trinajstić information content (AvgIpc) is 2.98. The van der Waals surface area contributed by atoms with Crippen molar-refractivity contribution >= 4 is 27.5 Å².